The second-order valence-corrected chi connectivity index (χ2v) is 6.54. The van der Waals surface area contributed by atoms with Gasteiger partial charge in [0, 0.05) is 26.0 Å². The van der Waals surface area contributed by atoms with Crippen LogP contribution in [0.1, 0.15) is 15.2 Å². The molecule has 1 aliphatic heterocycles. The van der Waals surface area contributed by atoms with Crippen molar-refractivity contribution in [2.75, 3.05) is 18.1 Å². The summed E-state index contributed by atoms with van der Waals surface area (Å²) in [5.74, 6) is -0.0982. The zero-order valence-electron chi connectivity index (χ0n) is 11.5. The number of cyclic esters (lactones) is 1. The largest absolute Gasteiger partial charge is 0.447 e. The van der Waals surface area contributed by atoms with Crippen molar-refractivity contribution in [3.05, 3.63) is 56.7 Å². The van der Waals surface area contributed by atoms with Crippen LogP contribution in [0.3, 0.4) is 0 Å². The number of hydrogen-bond donors (Lipinski definition) is 0. The van der Waals surface area contributed by atoms with Gasteiger partial charge in [-0.2, -0.15) is 0 Å². The van der Waals surface area contributed by atoms with E-state index in [9.17, 15) is 9.59 Å². The Morgan fingerprint density at radius 2 is 2.23 bits per heavy atom. The van der Waals surface area contributed by atoms with Crippen molar-refractivity contribution in [1.29, 1.82) is 0 Å². The van der Waals surface area contributed by atoms with Crippen LogP contribution in [0.4, 0.5) is 10.5 Å². The molecule has 0 unspecified atom stereocenters. The molecule has 0 aliphatic carbocycles. The zero-order valence-corrected chi connectivity index (χ0v) is 13.9. The topological polar surface area (TPSA) is 46.6 Å². The molecule has 1 amide bonds. The summed E-state index contributed by atoms with van der Waals surface area (Å²) in [5.41, 5.74) is 1.23. The molecule has 2 aromatic rings. The number of nitrogens with zero attached hydrogens (tertiary/aromatic N) is 1. The van der Waals surface area contributed by atoms with Gasteiger partial charge < -0.3 is 4.74 Å². The number of halogens is 1. The minimum absolute atomic E-state index is 0.0982. The van der Waals surface area contributed by atoms with E-state index in [4.69, 9.17) is 4.74 Å². The van der Waals surface area contributed by atoms with Gasteiger partial charge in [-0.25, -0.2) is 4.79 Å². The van der Waals surface area contributed by atoms with Crippen molar-refractivity contribution >= 4 is 50.9 Å². The minimum atomic E-state index is -0.372. The number of amides is 1. The lowest BCUT2D eigenvalue weighted by Gasteiger charge is -2.13. The number of benzene rings is 1. The summed E-state index contributed by atoms with van der Waals surface area (Å²) in [7, 11) is 0. The van der Waals surface area contributed by atoms with Crippen LogP contribution in [0, 0.1) is 0 Å². The summed E-state index contributed by atoms with van der Waals surface area (Å²) < 4.78 is 5.91. The van der Waals surface area contributed by atoms with Gasteiger partial charge in [-0.15, -0.1) is 11.3 Å². The maximum Gasteiger partial charge on any atom is 0.414 e. The maximum absolute atomic E-state index is 12.2. The number of ketones is 1. The highest BCUT2D eigenvalue weighted by atomic mass is 79.9. The second-order valence-electron chi connectivity index (χ2n) is 4.68. The van der Waals surface area contributed by atoms with Crippen molar-refractivity contribution in [3.63, 3.8) is 0 Å². The first kappa shape index (κ1) is 15.0. The highest BCUT2D eigenvalue weighted by molar-refractivity contribution is 9.10. The van der Waals surface area contributed by atoms with Crippen molar-refractivity contribution in [2.24, 2.45) is 0 Å². The zero-order chi connectivity index (χ0) is 15.5. The average Bonchev–Trinajstić information content (AvgIpc) is 3.13. The highest BCUT2D eigenvalue weighted by Gasteiger charge is 2.23. The van der Waals surface area contributed by atoms with Gasteiger partial charge in [-0.1, -0.05) is 12.1 Å². The Balaban J connectivity index is 1.78. The standard InChI is InChI=1S/C16H12BrNO3S/c17-12-9-14(22-10-12)4-5-15(19)11-2-1-3-13(8-11)18-6-7-21-16(18)20/h1-5,8-10H,6-7H2. The van der Waals surface area contributed by atoms with Crippen LogP contribution in [0.25, 0.3) is 6.08 Å². The predicted molar refractivity (Wildman–Crippen MR) is 90.5 cm³/mol. The van der Waals surface area contributed by atoms with Gasteiger partial charge in [0.25, 0.3) is 0 Å². The number of anilines is 1. The van der Waals surface area contributed by atoms with E-state index in [0.717, 1.165) is 9.35 Å². The van der Waals surface area contributed by atoms with E-state index in [2.05, 4.69) is 15.9 Å². The summed E-state index contributed by atoms with van der Waals surface area (Å²) in [6.07, 6.45) is 2.96. The molecule has 2 heterocycles. The van der Waals surface area contributed by atoms with Gasteiger partial charge in [-0.05, 0) is 46.3 Å². The van der Waals surface area contributed by atoms with E-state index in [1.807, 2.05) is 11.4 Å². The third-order valence-electron chi connectivity index (χ3n) is 3.19. The number of carbonyl (C=O) groups excluding carboxylic acids is 2. The molecular weight excluding hydrogens is 366 g/mol. The third kappa shape index (κ3) is 3.28. The number of rotatable bonds is 4. The molecule has 1 aromatic heterocycles. The van der Waals surface area contributed by atoms with Crippen LogP contribution in [0.15, 0.2) is 46.3 Å². The average molecular weight is 378 g/mol. The van der Waals surface area contributed by atoms with E-state index < -0.39 is 0 Å². The van der Waals surface area contributed by atoms with Crippen molar-refractivity contribution in [3.8, 4) is 0 Å². The summed E-state index contributed by atoms with van der Waals surface area (Å²) in [6.45, 7) is 0.889. The smallest absolute Gasteiger partial charge is 0.414 e. The van der Waals surface area contributed by atoms with Gasteiger partial charge in [0.15, 0.2) is 5.78 Å². The van der Waals surface area contributed by atoms with Crippen LogP contribution < -0.4 is 4.90 Å². The molecule has 0 N–H and O–H groups in total. The van der Waals surface area contributed by atoms with E-state index in [-0.39, 0.29) is 11.9 Å². The monoisotopic (exact) mass is 377 g/mol. The fourth-order valence-electron chi connectivity index (χ4n) is 2.12. The fourth-order valence-corrected chi connectivity index (χ4v) is 3.46. The van der Waals surface area contributed by atoms with E-state index in [1.165, 1.54) is 4.90 Å². The predicted octanol–water partition coefficient (Wildman–Crippen LogP) is 4.36. The molecule has 0 radical (unpaired) electrons. The molecule has 1 aliphatic rings. The molecule has 4 nitrogen and oxygen atoms in total. The van der Waals surface area contributed by atoms with Crippen LogP contribution in [-0.4, -0.2) is 25.0 Å². The molecule has 1 aromatic carbocycles. The van der Waals surface area contributed by atoms with E-state index in [1.54, 1.807) is 47.8 Å². The molecule has 0 saturated carbocycles. The molecule has 0 bridgehead atoms. The lowest BCUT2D eigenvalue weighted by Crippen LogP contribution is -2.23. The van der Waals surface area contributed by atoms with Crippen LogP contribution in [0.2, 0.25) is 0 Å². The maximum atomic E-state index is 12.2. The Kier molecular flexibility index (Phi) is 4.40. The Morgan fingerprint density at radius 3 is 2.91 bits per heavy atom. The third-order valence-corrected chi connectivity index (χ3v) is 4.85. The fraction of sp³-hybridized carbons (Fsp3) is 0.125. The van der Waals surface area contributed by atoms with Crippen molar-refractivity contribution in [2.45, 2.75) is 0 Å². The summed E-state index contributed by atoms with van der Waals surface area (Å²) in [4.78, 5) is 26.3. The Labute approximate surface area is 140 Å². The van der Waals surface area contributed by atoms with E-state index in [0.29, 0.717) is 24.4 Å². The molecule has 0 atom stereocenters. The summed E-state index contributed by atoms with van der Waals surface area (Å²) in [6, 6.07) is 8.96. The van der Waals surface area contributed by atoms with Gasteiger partial charge in [0.2, 0.25) is 0 Å². The molecule has 22 heavy (non-hydrogen) atoms. The normalized spacial score (nSPS) is 14.6. The number of allylic oxidation sites excluding steroid dienone is 1. The molecule has 6 heteroatoms. The molecule has 1 fully saturated rings. The van der Waals surface area contributed by atoms with Crippen LogP contribution in [-0.2, 0) is 4.74 Å². The first-order valence-corrected chi connectivity index (χ1v) is 8.31. The number of ether oxygens (including phenoxy) is 1. The molecular formula is C16H12BrNO3S. The minimum Gasteiger partial charge on any atom is -0.447 e. The Hall–Kier alpha value is -1.92. The molecule has 112 valence electrons. The second kappa shape index (κ2) is 6.46. The van der Waals surface area contributed by atoms with Crippen LogP contribution >= 0.6 is 27.3 Å². The van der Waals surface area contributed by atoms with Crippen molar-refractivity contribution < 1.29 is 14.3 Å². The molecule has 1 saturated heterocycles. The van der Waals surface area contributed by atoms with Crippen LogP contribution in [0.5, 0.6) is 0 Å². The highest BCUT2D eigenvalue weighted by Crippen LogP contribution is 2.22. The van der Waals surface area contributed by atoms with Gasteiger partial charge in [0.1, 0.15) is 6.61 Å². The van der Waals surface area contributed by atoms with Gasteiger partial charge >= 0.3 is 6.09 Å². The number of thiophene rings is 1. The van der Waals surface area contributed by atoms with Crippen molar-refractivity contribution in [1.82, 2.24) is 0 Å². The van der Waals surface area contributed by atoms with E-state index >= 15 is 0 Å². The lowest BCUT2D eigenvalue weighted by molar-refractivity contribution is 0.104. The Morgan fingerprint density at radius 1 is 1.36 bits per heavy atom. The SMILES string of the molecule is O=C(C=Cc1cc(Br)cs1)c1cccc(N2CCOC2=O)c1. The van der Waals surface area contributed by atoms with Gasteiger partial charge in [-0.3, -0.25) is 9.69 Å². The van der Waals surface area contributed by atoms with Gasteiger partial charge in [0.05, 0.1) is 6.54 Å². The molecule has 3 rings (SSSR count). The first-order valence-electron chi connectivity index (χ1n) is 6.64. The summed E-state index contributed by atoms with van der Waals surface area (Å²) in [5, 5.41) is 1.96. The summed E-state index contributed by atoms with van der Waals surface area (Å²) >= 11 is 4.93. The first-order chi connectivity index (χ1) is 10.6. The Bertz CT molecular complexity index is 753. The lowest BCUT2D eigenvalue weighted by atomic mass is 10.1. The number of hydrogen-bond acceptors (Lipinski definition) is 4. The number of carbonyl (C=O) groups is 2. The quantitative estimate of drug-likeness (QED) is 0.587. The molecule has 0 spiro atoms.